The molecule has 3 aromatic carbocycles. The van der Waals surface area contributed by atoms with Gasteiger partial charge in [-0.2, -0.15) is 5.10 Å². The maximum absolute atomic E-state index is 13.5. The van der Waals surface area contributed by atoms with Crippen molar-refractivity contribution in [2.24, 2.45) is 0 Å². The SMILES string of the molecule is CCC(C)(COC(C)(C)CCC(C)=O)Oc1ccc(NC(=O)c2cn(-c3ccccc3)nc2-c2ccc(Br)cc2)cc1. The molecule has 0 bridgehead atoms. The van der Waals surface area contributed by atoms with E-state index in [1.165, 1.54) is 0 Å². The largest absolute Gasteiger partial charge is 0.485 e. The predicted molar refractivity (Wildman–Crippen MR) is 170 cm³/mol. The van der Waals surface area contributed by atoms with Crippen LogP contribution in [0.2, 0.25) is 0 Å². The molecular formula is C34H38BrN3O4. The molecule has 1 heterocycles. The Morgan fingerprint density at radius 3 is 2.24 bits per heavy atom. The maximum Gasteiger partial charge on any atom is 0.259 e. The standard InChI is InChI=1S/C34H38BrN3O4/c1-6-34(5,23-41-33(3,4)21-20-24(2)39)42-29-18-16-27(17-19-29)36-32(40)30-22-38(28-10-8-7-9-11-28)37-31(30)25-12-14-26(35)15-13-25/h7-19,22H,6,20-21,23H2,1-5H3,(H,36,40). The predicted octanol–water partition coefficient (Wildman–Crippen LogP) is 8.27. The molecular weight excluding hydrogens is 594 g/mol. The second-order valence-electron chi connectivity index (χ2n) is 11.3. The fraction of sp³-hybridized carbons (Fsp3) is 0.324. The van der Waals surface area contributed by atoms with E-state index in [0.29, 0.717) is 42.1 Å². The van der Waals surface area contributed by atoms with E-state index < -0.39 is 11.2 Å². The fourth-order valence-electron chi connectivity index (χ4n) is 4.26. The topological polar surface area (TPSA) is 82.5 Å². The molecule has 7 nitrogen and oxygen atoms in total. The summed E-state index contributed by atoms with van der Waals surface area (Å²) >= 11 is 3.47. The van der Waals surface area contributed by atoms with Crippen molar-refractivity contribution in [3.63, 3.8) is 0 Å². The van der Waals surface area contributed by atoms with Gasteiger partial charge in [0.1, 0.15) is 22.8 Å². The van der Waals surface area contributed by atoms with Crippen LogP contribution < -0.4 is 10.1 Å². The summed E-state index contributed by atoms with van der Waals surface area (Å²) in [6, 6.07) is 24.8. The van der Waals surface area contributed by atoms with Gasteiger partial charge in [-0.25, -0.2) is 4.68 Å². The normalized spacial score (nSPS) is 12.9. The summed E-state index contributed by atoms with van der Waals surface area (Å²) in [6.45, 7) is 10.0. The third-order valence-corrected chi connectivity index (χ3v) is 7.70. The van der Waals surface area contributed by atoms with E-state index in [4.69, 9.17) is 14.6 Å². The Hall–Kier alpha value is -3.75. The Morgan fingerprint density at radius 1 is 0.952 bits per heavy atom. The second-order valence-corrected chi connectivity index (χ2v) is 12.2. The minimum absolute atomic E-state index is 0.155. The van der Waals surface area contributed by atoms with Crippen LogP contribution in [0.1, 0.15) is 64.2 Å². The molecule has 0 aliphatic heterocycles. The molecule has 4 rings (SSSR count). The number of amides is 1. The molecule has 0 aliphatic rings. The number of carbonyl (C=O) groups excluding carboxylic acids is 2. The van der Waals surface area contributed by atoms with Crippen LogP contribution in [0.25, 0.3) is 16.9 Å². The van der Waals surface area contributed by atoms with Crippen molar-refractivity contribution < 1.29 is 19.1 Å². The lowest BCUT2D eigenvalue weighted by molar-refractivity contribution is -0.120. The number of benzene rings is 3. The molecule has 0 saturated carbocycles. The van der Waals surface area contributed by atoms with Crippen molar-refractivity contribution in [1.82, 2.24) is 9.78 Å². The second kappa shape index (κ2) is 13.5. The van der Waals surface area contributed by atoms with Crippen LogP contribution in [0.15, 0.2) is 89.5 Å². The van der Waals surface area contributed by atoms with Crippen LogP contribution in [0.4, 0.5) is 5.69 Å². The Labute approximate surface area is 256 Å². The molecule has 1 aromatic heterocycles. The Kier molecular flexibility index (Phi) is 10.0. The van der Waals surface area contributed by atoms with Crippen molar-refractivity contribution in [1.29, 1.82) is 0 Å². The zero-order valence-electron chi connectivity index (χ0n) is 24.8. The van der Waals surface area contributed by atoms with E-state index in [2.05, 4.69) is 28.2 Å². The first-order valence-electron chi connectivity index (χ1n) is 14.1. The molecule has 1 amide bonds. The first-order chi connectivity index (χ1) is 20.0. The summed E-state index contributed by atoms with van der Waals surface area (Å²) in [5.41, 5.74) is 2.42. The molecule has 0 spiro atoms. The number of anilines is 1. The summed E-state index contributed by atoms with van der Waals surface area (Å²) in [5.74, 6) is 0.571. The molecule has 220 valence electrons. The summed E-state index contributed by atoms with van der Waals surface area (Å²) in [6.07, 6.45) is 3.63. The van der Waals surface area contributed by atoms with Gasteiger partial charge in [0, 0.05) is 28.3 Å². The van der Waals surface area contributed by atoms with Crippen LogP contribution in [0.3, 0.4) is 0 Å². The average Bonchev–Trinajstić information content (AvgIpc) is 3.43. The quantitative estimate of drug-likeness (QED) is 0.161. The van der Waals surface area contributed by atoms with Crippen LogP contribution >= 0.6 is 15.9 Å². The van der Waals surface area contributed by atoms with Gasteiger partial charge >= 0.3 is 0 Å². The molecule has 0 saturated heterocycles. The zero-order chi connectivity index (χ0) is 30.3. The van der Waals surface area contributed by atoms with E-state index in [9.17, 15) is 9.59 Å². The maximum atomic E-state index is 13.5. The van der Waals surface area contributed by atoms with Gasteiger partial charge in [0.15, 0.2) is 0 Å². The minimum atomic E-state index is -0.552. The third-order valence-electron chi connectivity index (χ3n) is 7.17. The van der Waals surface area contributed by atoms with Crippen molar-refractivity contribution in [3.8, 4) is 22.7 Å². The van der Waals surface area contributed by atoms with Gasteiger partial charge in [-0.15, -0.1) is 0 Å². The molecule has 42 heavy (non-hydrogen) atoms. The van der Waals surface area contributed by atoms with Crippen LogP contribution in [0, 0.1) is 0 Å². The molecule has 1 atom stereocenters. The van der Waals surface area contributed by atoms with Crippen LogP contribution in [-0.4, -0.2) is 39.3 Å². The Bertz CT molecular complexity index is 1500. The number of aromatic nitrogens is 2. The average molecular weight is 633 g/mol. The molecule has 4 aromatic rings. The van der Waals surface area contributed by atoms with E-state index in [1.54, 1.807) is 17.8 Å². The Morgan fingerprint density at radius 2 is 1.62 bits per heavy atom. The summed E-state index contributed by atoms with van der Waals surface area (Å²) in [7, 11) is 0. The van der Waals surface area contributed by atoms with Gasteiger partial charge in [-0.1, -0.05) is 53.2 Å². The van der Waals surface area contributed by atoms with Gasteiger partial charge in [0.05, 0.1) is 23.5 Å². The van der Waals surface area contributed by atoms with Gasteiger partial charge in [-0.3, -0.25) is 4.79 Å². The zero-order valence-corrected chi connectivity index (χ0v) is 26.4. The highest BCUT2D eigenvalue weighted by molar-refractivity contribution is 9.10. The number of para-hydroxylation sites is 1. The molecule has 0 fully saturated rings. The number of rotatable bonds is 13. The molecule has 1 unspecified atom stereocenters. The number of ketones is 1. The third kappa shape index (κ3) is 8.39. The lowest BCUT2D eigenvalue weighted by atomic mass is 9.99. The van der Waals surface area contributed by atoms with Crippen molar-refractivity contribution in [3.05, 3.63) is 95.1 Å². The lowest BCUT2D eigenvalue weighted by Crippen LogP contribution is -2.41. The van der Waals surface area contributed by atoms with Gasteiger partial charge in [-0.05, 0) is 89.1 Å². The van der Waals surface area contributed by atoms with Crippen LogP contribution in [-0.2, 0) is 9.53 Å². The van der Waals surface area contributed by atoms with Crippen molar-refractivity contribution >= 4 is 33.3 Å². The van der Waals surface area contributed by atoms with Crippen LogP contribution in [0.5, 0.6) is 5.75 Å². The number of nitrogens with zero attached hydrogens (tertiary/aromatic N) is 2. The highest BCUT2D eigenvalue weighted by Gasteiger charge is 2.29. The Balaban J connectivity index is 1.47. The van der Waals surface area contributed by atoms with E-state index in [-0.39, 0.29) is 11.7 Å². The van der Waals surface area contributed by atoms with Crippen molar-refractivity contribution in [2.75, 3.05) is 11.9 Å². The number of hydrogen-bond donors (Lipinski definition) is 1. The molecule has 8 heteroatoms. The number of ether oxygens (including phenoxy) is 2. The van der Waals surface area contributed by atoms with Gasteiger partial charge in [0.2, 0.25) is 0 Å². The van der Waals surface area contributed by atoms with Crippen molar-refractivity contribution in [2.45, 2.75) is 65.1 Å². The van der Waals surface area contributed by atoms with E-state index in [0.717, 1.165) is 22.1 Å². The summed E-state index contributed by atoms with van der Waals surface area (Å²) in [5, 5.41) is 7.76. The lowest BCUT2D eigenvalue weighted by Gasteiger charge is -2.34. The number of carbonyl (C=O) groups is 2. The number of halogens is 1. The molecule has 0 radical (unpaired) electrons. The van der Waals surface area contributed by atoms with E-state index >= 15 is 0 Å². The monoisotopic (exact) mass is 631 g/mol. The van der Waals surface area contributed by atoms with E-state index in [1.807, 2.05) is 99.6 Å². The first kappa shape index (κ1) is 31.2. The first-order valence-corrected chi connectivity index (χ1v) is 14.9. The highest BCUT2D eigenvalue weighted by atomic mass is 79.9. The highest BCUT2D eigenvalue weighted by Crippen LogP contribution is 2.29. The molecule has 0 aliphatic carbocycles. The number of nitrogens with one attached hydrogen (secondary N) is 1. The number of Topliss-reactive ketones (excluding diaryl/α,β-unsaturated/α-hetero) is 1. The molecule has 1 N–H and O–H groups in total. The summed E-state index contributed by atoms with van der Waals surface area (Å²) in [4.78, 5) is 24.9. The number of hydrogen-bond acceptors (Lipinski definition) is 5. The fourth-order valence-corrected chi connectivity index (χ4v) is 4.53. The summed E-state index contributed by atoms with van der Waals surface area (Å²) < 4.78 is 15.2. The van der Waals surface area contributed by atoms with Gasteiger partial charge < -0.3 is 19.6 Å². The minimum Gasteiger partial charge on any atom is -0.485 e. The van der Waals surface area contributed by atoms with Gasteiger partial charge in [0.25, 0.3) is 5.91 Å². The smallest absolute Gasteiger partial charge is 0.259 e.